The fourth-order valence-electron chi connectivity index (χ4n) is 1.45. The summed E-state index contributed by atoms with van der Waals surface area (Å²) in [6.07, 6.45) is 1.02. The van der Waals surface area contributed by atoms with Gasteiger partial charge in [0.05, 0.1) is 0 Å². The van der Waals surface area contributed by atoms with Crippen LogP contribution in [0.2, 0.25) is 6.04 Å². The molecule has 0 aliphatic carbocycles. The van der Waals surface area contributed by atoms with Gasteiger partial charge in [-0.15, -0.1) is 0 Å². The fraction of sp³-hybridized carbons (Fsp3) is 0.455. The molecule has 0 saturated carbocycles. The van der Waals surface area contributed by atoms with Crippen molar-refractivity contribution >= 4 is 9.76 Å². The molecule has 2 radical (unpaired) electrons. The third-order valence-electron chi connectivity index (χ3n) is 2.34. The fourth-order valence-corrected chi connectivity index (χ4v) is 2.11. The minimum Gasteiger partial charge on any atom is -0.372 e. The maximum atomic E-state index is 13.3. The van der Waals surface area contributed by atoms with Gasteiger partial charge >= 0.3 is 0 Å². The maximum absolute atomic E-state index is 13.3. The summed E-state index contributed by atoms with van der Waals surface area (Å²) in [4.78, 5) is 0. The van der Waals surface area contributed by atoms with E-state index in [0.29, 0.717) is 25.0 Å². The average molecular weight is 296 g/mol. The van der Waals surface area contributed by atoms with Crippen LogP contribution in [0.1, 0.15) is 18.4 Å². The molecule has 0 aromatic heterocycles. The van der Waals surface area contributed by atoms with Crippen LogP contribution < -0.4 is 0 Å². The topological polar surface area (TPSA) is 49.7 Å². The van der Waals surface area contributed by atoms with Gasteiger partial charge in [-0.1, -0.05) is 6.42 Å². The van der Waals surface area contributed by atoms with Crippen molar-refractivity contribution < 1.29 is 32.2 Å². The lowest BCUT2D eigenvalue weighted by molar-refractivity contribution is -0.180. The predicted octanol–water partition coefficient (Wildman–Crippen LogP) is 1.89. The van der Waals surface area contributed by atoms with E-state index < -0.39 is 29.7 Å². The van der Waals surface area contributed by atoms with Crippen LogP contribution >= 0.6 is 0 Å². The Hall–Kier alpha value is -0.963. The van der Waals surface area contributed by atoms with E-state index in [2.05, 4.69) is 4.43 Å². The Morgan fingerprint density at radius 1 is 1.05 bits per heavy atom. The zero-order chi connectivity index (χ0) is 14.4. The van der Waals surface area contributed by atoms with Crippen molar-refractivity contribution in [3.05, 3.63) is 34.9 Å². The summed E-state index contributed by atoms with van der Waals surface area (Å²) in [5.74, 6) is -6.40. The molecule has 0 aliphatic rings. The van der Waals surface area contributed by atoms with Gasteiger partial charge in [0, 0.05) is 0 Å². The molecular weight excluding hydrogens is 284 g/mol. The lowest BCUT2D eigenvalue weighted by Crippen LogP contribution is -2.13. The predicted molar refractivity (Wildman–Crippen MR) is 59.1 cm³/mol. The van der Waals surface area contributed by atoms with E-state index in [1.807, 2.05) is 0 Å². The smallest absolute Gasteiger partial charge is 0.256 e. The third kappa shape index (κ3) is 4.90. The SMILES string of the molecule is OC(O)O[Si]CCCCc1cc(F)c(F)c(F)c1F. The second-order valence-electron chi connectivity index (χ2n) is 3.76. The normalized spacial score (nSPS) is 11.3. The minimum absolute atomic E-state index is 0.0616. The van der Waals surface area contributed by atoms with Crippen LogP contribution in [0.25, 0.3) is 0 Å². The Morgan fingerprint density at radius 3 is 2.37 bits per heavy atom. The summed E-state index contributed by atoms with van der Waals surface area (Å²) < 4.78 is 56.2. The van der Waals surface area contributed by atoms with Crippen LogP contribution in [0.15, 0.2) is 6.07 Å². The van der Waals surface area contributed by atoms with Gasteiger partial charge in [-0.25, -0.2) is 17.6 Å². The van der Waals surface area contributed by atoms with Gasteiger partial charge in [0.2, 0.25) is 9.76 Å². The van der Waals surface area contributed by atoms with Crippen molar-refractivity contribution in [1.82, 2.24) is 0 Å². The summed E-state index contributed by atoms with van der Waals surface area (Å²) in [5.41, 5.74) is -0.220. The minimum atomic E-state index is -1.82. The van der Waals surface area contributed by atoms with Crippen LogP contribution in [0.3, 0.4) is 0 Å². The first-order valence-electron chi connectivity index (χ1n) is 5.50. The van der Waals surface area contributed by atoms with Gasteiger partial charge in [-0.05, 0) is 30.5 Å². The molecule has 0 bridgehead atoms. The lowest BCUT2D eigenvalue weighted by atomic mass is 10.1. The summed E-state index contributed by atoms with van der Waals surface area (Å²) in [6, 6.07) is 1.15. The zero-order valence-electron chi connectivity index (χ0n) is 9.80. The van der Waals surface area contributed by atoms with Crippen molar-refractivity contribution in [2.24, 2.45) is 0 Å². The zero-order valence-corrected chi connectivity index (χ0v) is 10.8. The van der Waals surface area contributed by atoms with Crippen molar-refractivity contribution in [2.45, 2.75) is 31.8 Å². The first kappa shape index (κ1) is 16.1. The highest BCUT2D eigenvalue weighted by atomic mass is 28.2. The van der Waals surface area contributed by atoms with Crippen LogP contribution in [0, 0.1) is 23.3 Å². The molecule has 0 atom stereocenters. The lowest BCUT2D eigenvalue weighted by Gasteiger charge is -2.06. The maximum Gasteiger partial charge on any atom is 0.256 e. The van der Waals surface area contributed by atoms with Gasteiger partial charge in [0.1, 0.15) is 0 Å². The largest absolute Gasteiger partial charge is 0.372 e. The molecule has 2 N–H and O–H groups in total. The van der Waals surface area contributed by atoms with E-state index in [1.165, 1.54) is 0 Å². The number of halogens is 4. The summed E-state index contributed by atoms with van der Waals surface area (Å²) in [7, 11) is -0.131. The van der Waals surface area contributed by atoms with Crippen molar-refractivity contribution in [2.75, 3.05) is 0 Å². The molecule has 0 unspecified atom stereocenters. The molecule has 0 aliphatic heterocycles. The van der Waals surface area contributed by atoms with Crippen molar-refractivity contribution in [3.63, 3.8) is 0 Å². The Morgan fingerprint density at radius 2 is 1.74 bits per heavy atom. The van der Waals surface area contributed by atoms with Gasteiger partial charge in [0.25, 0.3) is 6.48 Å². The van der Waals surface area contributed by atoms with E-state index in [-0.39, 0.29) is 21.7 Å². The van der Waals surface area contributed by atoms with Crippen LogP contribution in [-0.4, -0.2) is 26.5 Å². The van der Waals surface area contributed by atoms with Crippen LogP contribution in [0.5, 0.6) is 0 Å². The van der Waals surface area contributed by atoms with Gasteiger partial charge in [0.15, 0.2) is 23.3 Å². The molecule has 106 valence electrons. The van der Waals surface area contributed by atoms with Gasteiger partial charge < -0.3 is 14.6 Å². The highest BCUT2D eigenvalue weighted by molar-refractivity contribution is 6.26. The number of rotatable bonds is 7. The number of hydrogen-bond acceptors (Lipinski definition) is 3. The number of hydrogen-bond donors (Lipinski definition) is 2. The van der Waals surface area contributed by atoms with Crippen molar-refractivity contribution in [3.8, 4) is 0 Å². The Labute approximate surface area is 109 Å². The molecule has 1 aromatic carbocycles. The summed E-state index contributed by atoms with van der Waals surface area (Å²) in [5, 5.41) is 16.8. The van der Waals surface area contributed by atoms with E-state index in [4.69, 9.17) is 10.2 Å². The van der Waals surface area contributed by atoms with E-state index in [1.54, 1.807) is 0 Å². The Balaban J connectivity index is 2.42. The molecule has 0 saturated heterocycles. The monoisotopic (exact) mass is 296 g/mol. The molecule has 1 aromatic rings. The number of unbranched alkanes of at least 4 members (excludes halogenated alkanes) is 1. The number of aliphatic hydroxyl groups is 2. The first-order chi connectivity index (χ1) is 8.93. The highest BCUT2D eigenvalue weighted by Gasteiger charge is 2.18. The molecule has 3 nitrogen and oxygen atoms in total. The third-order valence-corrected chi connectivity index (χ3v) is 3.28. The molecule has 19 heavy (non-hydrogen) atoms. The molecule has 0 fully saturated rings. The second kappa shape index (κ2) is 7.58. The highest BCUT2D eigenvalue weighted by Crippen LogP contribution is 2.20. The van der Waals surface area contributed by atoms with Gasteiger partial charge in [-0.3, -0.25) is 0 Å². The Kier molecular flexibility index (Phi) is 6.42. The Bertz CT molecular complexity index is 429. The second-order valence-corrected chi connectivity index (χ2v) is 4.78. The summed E-state index contributed by atoms with van der Waals surface area (Å²) in [6.45, 7) is -1.82. The molecule has 0 spiro atoms. The average Bonchev–Trinajstić information content (AvgIpc) is 2.36. The standard InChI is InChI=1S/C11H12F4O3Si/c12-7-5-6(8(13)10(15)9(7)14)3-1-2-4-19-18-11(16)17/h5,11,16-17H,1-4H2. The van der Waals surface area contributed by atoms with E-state index in [0.717, 1.165) is 0 Å². The van der Waals surface area contributed by atoms with Crippen molar-refractivity contribution in [1.29, 1.82) is 0 Å². The number of aliphatic hydroxyl groups excluding tert-OH is 1. The van der Waals surface area contributed by atoms with E-state index >= 15 is 0 Å². The quantitative estimate of drug-likeness (QED) is 0.202. The molecule has 8 heteroatoms. The summed E-state index contributed by atoms with van der Waals surface area (Å²) >= 11 is 0. The molecule has 0 heterocycles. The number of aryl methyl sites for hydroxylation is 1. The van der Waals surface area contributed by atoms with Gasteiger partial charge in [-0.2, -0.15) is 0 Å². The first-order valence-corrected chi connectivity index (χ1v) is 6.61. The molecule has 1 rings (SSSR count). The van der Waals surface area contributed by atoms with Crippen LogP contribution in [0.4, 0.5) is 17.6 Å². The molecular formula is C11H12F4O3Si. The molecule has 0 amide bonds. The van der Waals surface area contributed by atoms with E-state index in [9.17, 15) is 17.6 Å². The number of benzene rings is 1. The van der Waals surface area contributed by atoms with Crippen LogP contribution in [-0.2, 0) is 10.8 Å².